The molecule has 2 aromatic rings. The van der Waals surface area contributed by atoms with Crippen LogP contribution in [0.2, 0.25) is 0 Å². The van der Waals surface area contributed by atoms with Crippen molar-refractivity contribution in [3.8, 4) is 5.75 Å². The first kappa shape index (κ1) is 20.8. The number of non-ortho nitro benzene ring substituents is 1. The number of hydrogen-bond acceptors (Lipinski definition) is 7. The highest BCUT2D eigenvalue weighted by Crippen LogP contribution is 2.36. The molecule has 0 spiro atoms. The number of nitrogens with zero attached hydrogens (tertiary/aromatic N) is 4. The van der Waals surface area contributed by atoms with Gasteiger partial charge in [0.05, 0.1) is 16.2 Å². The highest BCUT2D eigenvalue weighted by Gasteiger charge is 2.27. The van der Waals surface area contributed by atoms with Crippen molar-refractivity contribution in [2.45, 2.75) is 0 Å². The molecule has 9 heteroatoms. The summed E-state index contributed by atoms with van der Waals surface area (Å²) in [7, 11) is 1.74. The Bertz CT molecular complexity index is 999. The van der Waals surface area contributed by atoms with Crippen LogP contribution in [0.1, 0.15) is 20.7 Å². The average molecular weight is 424 g/mol. The Hall–Kier alpha value is -3.46. The second kappa shape index (κ2) is 8.73. The van der Waals surface area contributed by atoms with Crippen molar-refractivity contribution in [3.05, 3.63) is 63.7 Å². The van der Waals surface area contributed by atoms with Gasteiger partial charge in [0.1, 0.15) is 0 Å². The SMILES string of the molecule is CN(CCN1CCN(c2cccc3c2OCC3=O)CC1)C(=O)c1ccc([N+](=O)[O-])cc1. The van der Waals surface area contributed by atoms with Crippen LogP contribution in [-0.4, -0.2) is 79.3 Å². The zero-order valence-corrected chi connectivity index (χ0v) is 17.3. The molecule has 0 aliphatic carbocycles. The van der Waals surface area contributed by atoms with Gasteiger partial charge in [0.15, 0.2) is 12.4 Å². The summed E-state index contributed by atoms with van der Waals surface area (Å²) in [6.07, 6.45) is 0. The van der Waals surface area contributed by atoms with E-state index >= 15 is 0 Å². The van der Waals surface area contributed by atoms with Crippen LogP contribution in [0.25, 0.3) is 0 Å². The van der Waals surface area contributed by atoms with Crippen molar-refractivity contribution in [1.29, 1.82) is 0 Å². The quantitative estimate of drug-likeness (QED) is 0.517. The van der Waals surface area contributed by atoms with Gasteiger partial charge in [0.2, 0.25) is 5.78 Å². The second-order valence-corrected chi connectivity index (χ2v) is 7.73. The lowest BCUT2D eigenvalue weighted by Gasteiger charge is -2.37. The highest BCUT2D eigenvalue weighted by molar-refractivity contribution is 6.04. The van der Waals surface area contributed by atoms with Crippen LogP contribution >= 0.6 is 0 Å². The maximum atomic E-state index is 12.6. The third kappa shape index (κ3) is 4.36. The molecule has 0 radical (unpaired) electrons. The topological polar surface area (TPSA) is 96.2 Å². The molecule has 0 atom stereocenters. The lowest BCUT2D eigenvalue weighted by Crippen LogP contribution is -2.48. The van der Waals surface area contributed by atoms with Gasteiger partial charge in [-0.05, 0) is 24.3 Å². The first-order chi connectivity index (χ1) is 14.9. The van der Waals surface area contributed by atoms with E-state index in [0.29, 0.717) is 23.4 Å². The fourth-order valence-corrected chi connectivity index (χ4v) is 3.91. The third-order valence-corrected chi connectivity index (χ3v) is 5.78. The summed E-state index contributed by atoms with van der Waals surface area (Å²) in [5.41, 5.74) is 2.03. The van der Waals surface area contributed by atoms with Gasteiger partial charge < -0.3 is 14.5 Å². The molecule has 1 fully saturated rings. The van der Waals surface area contributed by atoms with E-state index in [2.05, 4.69) is 9.80 Å². The molecule has 9 nitrogen and oxygen atoms in total. The second-order valence-electron chi connectivity index (χ2n) is 7.73. The Morgan fingerprint density at radius 3 is 2.52 bits per heavy atom. The number of fused-ring (bicyclic) bond motifs is 1. The number of benzene rings is 2. The summed E-state index contributed by atoms with van der Waals surface area (Å²) in [6, 6.07) is 11.4. The normalized spacial score (nSPS) is 16.0. The molecule has 31 heavy (non-hydrogen) atoms. The van der Waals surface area contributed by atoms with E-state index in [1.807, 2.05) is 18.2 Å². The summed E-state index contributed by atoms with van der Waals surface area (Å²) in [4.78, 5) is 40.9. The Morgan fingerprint density at radius 2 is 1.84 bits per heavy atom. The Labute approximate surface area is 179 Å². The Balaban J connectivity index is 1.28. The fraction of sp³-hybridized carbons (Fsp3) is 0.364. The molecule has 2 aromatic carbocycles. The number of Topliss-reactive ketones (excluding diaryl/α,β-unsaturated/α-hetero) is 1. The summed E-state index contributed by atoms with van der Waals surface area (Å²) >= 11 is 0. The average Bonchev–Trinajstić information content (AvgIpc) is 3.18. The number of nitro benzene ring substituents is 1. The summed E-state index contributed by atoms with van der Waals surface area (Å²) < 4.78 is 5.60. The van der Waals surface area contributed by atoms with E-state index in [1.165, 1.54) is 24.3 Å². The van der Waals surface area contributed by atoms with E-state index in [1.54, 1.807) is 11.9 Å². The standard InChI is InChI=1S/C22H24N4O5/c1-23(22(28)16-5-7-17(8-6-16)26(29)30)9-10-24-11-13-25(14-12-24)19-4-2-3-18-20(27)15-31-21(18)19/h2-8H,9-15H2,1H3. The Kier molecular flexibility index (Phi) is 5.85. The van der Waals surface area contributed by atoms with Crippen LogP contribution in [0.15, 0.2) is 42.5 Å². The van der Waals surface area contributed by atoms with Gasteiger partial charge in [0, 0.05) is 64.0 Å². The summed E-state index contributed by atoms with van der Waals surface area (Å²) in [6.45, 7) is 4.73. The van der Waals surface area contributed by atoms with Crippen molar-refractivity contribution in [3.63, 3.8) is 0 Å². The minimum absolute atomic E-state index is 0.0243. The maximum Gasteiger partial charge on any atom is 0.269 e. The van der Waals surface area contributed by atoms with Crippen molar-refractivity contribution < 1.29 is 19.2 Å². The van der Waals surface area contributed by atoms with E-state index < -0.39 is 4.92 Å². The number of carbonyl (C=O) groups is 2. The minimum Gasteiger partial charge on any atom is -0.482 e. The number of rotatable bonds is 6. The number of nitro groups is 1. The number of anilines is 1. The van der Waals surface area contributed by atoms with Gasteiger partial charge in [0.25, 0.3) is 11.6 Å². The lowest BCUT2D eigenvalue weighted by atomic mass is 10.1. The highest BCUT2D eigenvalue weighted by atomic mass is 16.6. The molecule has 0 bridgehead atoms. The smallest absolute Gasteiger partial charge is 0.269 e. The summed E-state index contributed by atoms with van der Waals surface area (Å²) in [5.74, 6) is 0.556. The molecule has 0 N–H and O–H groups in total. The number of hydrogen-bond donors (Lipinski definition) is 0. The van der Waals surface area contributed by atoms with Gasteiger partial charge in [-0.2, -0.15) is 0 Å². The number of ether oxygens (including phenoxy) is 1. The minimum atomic E-state index is -0.481. The fourth-order valence-electron chi connectivity index (χ4n) is 3.91. The molecule has 2 aliphatic rings. The number of para-hydroxylation sites is 1. The number of piperazine rings is 1. The van der Waals surface area contributed by atoms with Gasteiger partial charge in [-0.3, -0.25) is 24.6 Å². The number of likely N-dealkylation sites (N-methyl/N-ethyl adjacent to an activating group) is 1. The zero-order chi connectivity index (χ0) is 22.0. The molecule has 162 valence electrons. The first-order valence-electron chi connectivity index (χ1n) is 10.2. The van der Waals surface area contributed by atoms with Crippen LogP contribution in [0.3, 0.4) is 0 Å². The Morgan fingerprint density at radius 1 is 1.13 bits per heavy atom. The van der Waals surface area contributed by atoms with Crippen LogP contribution in [-0.2, 0) is 0 Å². The van der Waals surface area contributed by atoms with E-state index in [-0.39, 0.29) is 24.0 Å². The van der Waals surface area contributed by atoms with Gasteiger partial charge in [-0.1, -0.05) is 6.07 Å². The van der Waals surface area contributed by atoms with Gasteiger partial charge in [-0.25, -0.2) is 0 Å². The molecule has 0 saturated carbocycles. The van der Waals surface area contributed by atoms with E-state index in [4.69, 9.17) is 4.74 Å². The van der Waals surface area contributed by atoms with Gasteiger partial charge in [-0.15, -0.1) is 0 Å². The van der Waals surface area contributed by atoms with Crippen molar-refractivity contribution in [2.24, 2.45) is 0 Å². The molecule has 0 unspecified atom stereocenters. The molecule has 1 saturated heterocycles. The molecular weight excluding hydrogens is 400 g/mol. The van der Waals surface area contributed by atoms with E-state index in [0.717, 1.165) is 38.4 Å². The predicted molar refractivity (Wildman–Crippen MR) is 115 cm³/mol. The number of ketones is 1. The van der Waals surface area contributed by atoms with Crippen molar-refractivity contribution >= 4 is 23.1 Å². The number of amides is 1. The molecule has 0 aromatic heterocycles. The summed E-state index contributed by atoms with van der Waals surface area (Å²) in [5, 5.41) is 10.8. The zero-order valence-electron chi connectivity index (χ0n) is 17.3. The van der Waals surface area contributed by atoms with E-state index in [9.17, 15) is 19.7 Å². The monoisotopic (exact) mass is 424 g/mol. The van der Waals surface area contributed by atoms with Crippen LogP contribution in [0.5, 0.6) is 5.75 Å². The van der Waals surface area contributed by atoms with Crippen molar-refractivity contribution in [2.75, 3.05) is 57.8 Å². The van der Waals surface area contributed by atoms with Gasteiger partial charge >= 0.3 is 0 Å². The molecular formula is C22H24N4O5. The molecule has 4 rings (SSSR count). The number of carbonyl (C=O) groups excluding carboxylic acids is 2. The first-order valence-corrected chi connectivity index (χ1v) is 10.2. The van der Waals surface area contributed by atoms with Crippen LogP contribution in [0, 0.1) is 10.1 Å². The van der Waals surface area contributed by atoms with Crippen LogP contribution in [0.4, 0.5) is 11.4 Å². The largest absolute Gasteiger partial charge is 0.482 e. The van der Waals surface area contributed by atoms with Crippen molar-refractivity contribution in [1.82, 2.24) is 9.80 Å². The lowest BCUT2D eigenvalue weighted by molar-refractivity contribution is -0.384. The van der Waals surface area contributed by atoms with Crippen LogP contribution < -0.4 is 9.64 Å². The third-order valence-electron chi connectivity index (χ3n) is 5.78. The maximum absolute atomic E-state index is 12.6. The molecule has 2 aliphatic heterocycles. The molecule has 2 heterocycles. The molecule has 1 amide bonds. The predicted octanol–water partition coefficient (Wildman–Crippen LogP) is 2.06.